The summed E-state index contributed by atoms with van der Waals surface area (Å²) in [5, 5.41) is 9.18. The fourth-order valence-corrected chi connectivity index (χ4v) is 2.49. The highest BCUT2D eigenvalue weighted by Crippen LogP contribution is 2.21. The Morgan fingerprint density at radius 3 is 2.31 bits per heavy atom. The molecule has 0 aliphatic carbocycles. The van der Waals surface area contributed by atoms with Crippen LogP contribution in [0, 0.1) is 0 Å². The highest BCUT2D eigenvalue weighted by molar-refractivity contribution is 7.80. The van der Waals surface area contributed by atoms with Crippen LogP contribution in [0.25, 0.3) is 0 Å². The summed E-state index contributed by atoms with van der Waals surface area (Å²) in [5.74, 6) is 0.884. The minimum absolute atomic E-state index is 0.0529. The SMILES string of the molecule is OC1CN(C2CCN(CS)CC2)C1. The molecule has 0 saturated carbocycles. The van der Waals surface area contributed by atoms with E-state index in [0.717, 1.165) is 25.0 Å². The average molecular weight is 202 g/mol. The van der Waals surface area contributed by atoms with Crippen LogP contribution in [0.4, 0.5) is 0 Å². The Morgan fingerprint density at radius 1 is 1.23 bits per heavy atom. The van der Waals surface area contributed by atoms with Gasteiger partial charge in [-0.15, -0.1) is 0 Å². The molecular formula is C9H18N2OS. The third-order valence-electron chi connectivity index (χ3n) is 3.16. The Labute approximate surface area is 85.1 Å². The average Bonchev–Trinajstić information content (AvgIpc) is 2.13. The summed E-state index contributed by atoms with van der Waals surface area (Å²) in [4.78, 5) is 4.77. The van der Waals surface area contributed by atoms with Gasteiger partial charge in [-0.25, -0.2) is 0 Å². The molecule has 2 heterocycles. The van der Waals surface area contributed by atoms with E-state index in [4.69, 9.17) is 0 Å². The predicted molar refractivity (Wildman–Crippen MR) is 56.0 cm³/mol. The highest BCUT2D eigenvalue weighted by atomic mass is 32.1. The fourth-order valence-electron chi connectivity index (χ4n) is 2.21. The Hall–Kier alpha value is 0.230. The zero-order valence-corrected chi connectivity index (χ0v) is 8.79. The summed E-state index contributed by atoms with van der Waals surface area (Å²) in [6.45, 7) is 4.12. The Kier molecular flexibility index (Phi) is 3.14. The lowest BCUT2D eigenvalue weighted by Crippen LogP contribution is -2.57. The van der Waals surface area contributed by atoms with Crippen molar-refractivity contribution < 1.29 is 5.11 Å². The van der Waals surface area contributed by atoms with E-state index >= 15 is 0 Å². The van der Waals surface area contributed by atoms with E-state index in [1.54, 1.807) is 0 Å². The van der Waals surface area contributed by atoms with E-state index in [-0.39, 0.29) is 6.10 Å². The Bertz CT molecular complexity index is 165. The first-order valence-corrected chi connectivity index (χ1v) is 5.68. The zero-order chi connectivity index (χ0) is 9.26. The summed E-state index contributed by atoms with van der Waals surface area (Å²) in [5.41, 5.74) is 0. The third-order valence-corrected chi connectivity index (χ3v) is 3.56. The first kappa shape index (κ1) is 9.77. The van der Waals surface area contributed by atoms with Crippen LogP contribution in [-0.2, 0) is 0 Å². The van der Waals surface area contributed by atoms with Crippen LogP contribution in [0.3, 0.4) is 0 Å². The molecule has 2 saturated heterocycles. The third kappa shape index (κ3) is 2.18. The van der Waals surface area contributed by atoms with Crippen LogP contribution in [-0.4, -0.2) is 59.1 Å². The minimum Gasteiger partial charge on any atom is -0.390 e. The van der Waals surface area contributed by atoms with E-state index in [0.29, 0.717) is 0 Å². The van der Waals surface area contributed by atoms with E-state index in [1.165, 1.54) is 25.9 Å². The highest BCUT2D eigenvalue weighted by Gasteiger charge is 2.32. The monoisotopic (exact) mass is 202 g/mol. The van der Waals surface area contributed by atoms with Gasteiger partial charge in [0, 0.05) is 38.1 Å². The number of thiol groups is 1. The Balaban J connectivity index is 1.72. The molecule has 3 nitrogen and oxygen atoms in total. The second-order valence-electron chi connectivity index (χ2n) is 4.10. The quantitative estimate of drug-likeness (QED) is 0.618. The summed E-state index contributed by atoms with van der Waals surface area (Å²) >= 11 is 4.27. The molecule has 0 radical (unpaired) electrons. The molecule has 2 aliphatic rings. The number of aliphatic hydroxyl groups is 1. The number of rotatable bonds is 2. The maximum Gasteiger partial charge on any atom is 0.0794 e. The molecule has 1 N–H and O–H groups in total. The van der Waals surface area contributed by atoms with Gasteiger partial charge >= 0.3 is 0 Å². The molecule has 2 rings (SSSR count). The summed E-state index contributed by atoms with van der Waals surface area (Å²) in [6, 6.07) is 0.722. The molecule has 2 aliphatic heterocycles. The summed E-state index contributed by atoms with van der Waals surface area (Å²) < 4.78 is 0. The molecule has 2 fully saturated rings. The van der Waals surface area contributed by atoms with Crippen LogP contribution in [0.5, 0.6) is 0 Å². The first-order chi connectivity index (χ1) is 6.29. The smallest absolute Gasteiger partial charge is 0.0794 e. The van der Waals surface area contributed by atoms with Crippen LogP contribution in [0.2, 0.25) is 0 Å². The molecule has 4 heteroatoms. The molecule has 0 spiro atoms. The van der Waals surface area contributed by atoms with Crippen molar-refractivity contribution in [1.82, 2.24) is 9.80 Å². The van der Waals surface area contributed by atoms with Crippen molar-refractivity contribution in [3.8, 4) is 0 Å². The van der Waals surface area contributed by atoms with Gasteiger partial charge < -0.3 is 5.11 Å². The van der Waals surface area contributed by atoms with Gasteiger partial charge in [0.05, 0.1) is 6.10 Å². The van der Waals surface area contributed by atoms with E-state index in [9.17, 15) is 5.11 Å². The molecule has 0 atom stereocenters. The van der Waals surface area contributed by atoms with Crippen molar-refractivity contribution in [2.45, 2.75) is 25.0 Å². The van der Waals surface area contributed by atoms with Crippen LogP contribution in [0.15, 0.2) is 0 Å². The van der Waals surface area contributed by atoms with Gasteiger partial charge in [0.15, 0.2) is 0 Å². The molecule has 0 aromatic rings. The molecule has 0 bridgehead atoms. The standard InChI is InChI=1S/C9H18N2OS/c12-9-5-11(6-9)8-1-3-10(7-13)4-2-8/h8-9,12-13H,1-7H2. The normalized spacial score (nSPS) is 29.1. The summed E-state index contributed by atoms with van der Waals surface area (Å²) in [7, 11) is 0. The molecular weight excluding hydrogens is 184 g/mol. The minimum atomic E-state index is -0.0529. The van der Waals surface area contributed by atoms with Gasteiger partial charge in [0.1, 0.15) is 0 Å². The van der Waals surface area contributed by atoms with Crippen molar-refractivity contribution in [3.05, 3.63) is 0 Å². The number of hydrogen-bond donors (Lipinski definition) is 2. The molecule has 0 aromatic heterocycles. The molecule has 76 valence electrons. The maximum atomic E-state index is 9.18. The lowest BCUT2D eigenvalue weighted by Gasteiger charge is -2.45. The van der Waals surface area contributed by atoms with Crippen molar-refractivity contribution in [2.24, 2.45) is 0 Å². The van der Waals surface area contributed by atoms with Crippen LogP contribution < -0.4 is 0 Å². The number of piperidine rings is 1. The van der Waals surface area contributed by atoms with Crippen LogP contribution >= 0.6 is 12.6 Å². The number of β-amino-alcohol motifs (C(OH)–C–C–N with tert-alkyl or cyclic N) is 1. The van der Waals surface area contributed by atoms with Crippen molar-refractivity contribution in [3.63, 3.8) is 0 Å². The molecule has 0 aromatic carbocycles. The first-order valence-electron chi connectivity index (χ1n) is 5.05. The second-order valence-corrected chi connectivity index (χ2v) is 4.38. The van der Waals surface area contributed by atoms with Gasteiger partial charge in [0.25, 0.3) is 0 Å². The molecule has 0 unspecified atom stereocenters. The van der Waals surface area contributed by atoms with Crippen LogP contribution in [0.1, 0.15) is 12.8 Å². The van der Waals surface area contributed by atoms with E-state index < -0.39 is 0 Å². The topological polar surface area (TPSA) is 26.7 Å². The van der Waals surface area contributed by atoms with Gasteiger partial charge in [-0.05, 0) is 12.8 Å². The zero-order valence-electron chi connectivity index (χ0n) is 7.89. The van der Waals surface area contributed by atoms with Crippen molar-refractivity contribution >= 4 is 12.6 Å². The molecule has 13 heavy (non-hydrogen) atoms. The van der Waals surface area contributed by atoms with Gasteiger partial charge in [-0.1, -0.05) is 0 Å². The lowest BCUT2D eigenvalue weighted by molar-refractivity contribution is -0.0384. The number of nitrogens with zero attached hydrogens (tertiary/aromatic N) is 2. The lowest BCUT2D eigenvalue weighted by atomic mass is 9.99. The van der Waals surface area contributed by atoms with E-state index in [1.807, 2.05) is 0 Å². The number of likely N-dealkylation sites (tertiary alicyclic amines) is 2. The predicted octanol–water partition coefficient (Wildman–Crippen LogP) is 0.0146. The molecule has 0 amide bonds. The second kappa shape index (κ2) is 4.17. The van der Waals surface area contributed by atoms with Gasteiger partial charge in [0.2, 0.25) is 0 Å². The largest absolute Gasteiger partial charge is 0.390 e. The Morgan fingerprint density at radius 2 is 1.85 bits per heavy atom. The fraction of sp³-hybridized carbons (Fsp3) is 1.00. The van der Waals surface area contributed by atoms with Gasteiger partial charge in [-0.2, -0.15) is 12.6 Å². The maximum absolute atomic E-state index is 9.18. The van der Waals surface area contributed by atoms with Crippen molar-refractivity contribution in [1.29, 1.82) is 0 Å². The van der Waals surface area contributed by atoms with E-state index in [2.05, 4.69) is 22.4 Å². The number of aliphatic hydroxyl groups excluding tert-OH is 1. The number of hydrogen-bond acceptors (Lipinski definition) is 4. The van der Waals surface area contributed by atoms with Gasteiger partial charge in [-0.3, -0.25) is 9.80 Å². The summed E-state index contributed by atoms with van der Waals surface area (Å²) in [6.07, 6.45) is 2.43. The van der Waals surface area contributed by atoms with Crippen molar-refractivity contribution in [2.75, 3.05) is 32.1 Å².